The second-order valence-corrected chi connectivity index (χ2v) is 4.99. The lowest BCUT2D eigenvalue weighted by molar-refractivity contribution is -0.128. The quantitative estimate of drug-likeness (QED) is 0.840. The van der Waals surface area contributed by atoms with E-state index < -0.39 is 6.10 Å². The number of rotatable bonds is 4. The van der Waals surface area contributed by atoms with Gasteiger partial charge in [0.25, 0.3) is 5.91 Å². The van der Waals surface area contributed by atoms with Crippen molar-refractivity contribution >= 4 is 36.4 Å². The van der Waals surface area contributed by atoms with Crippen molar-refractivity contribution in [3.63, 3.8) is 0 Å². The first-order valence-corrected chi connectivity index (χ1v) is 7.23. The topological polar surface area (TPSA) is 72.5 Å². The van der Waals surface area contributed by atoms with Crippen LogP contribution in [0.1, 0.15) is 0 Å². The van der Waals surface area contributed by atoms with E-state index in [1.807, 2.05) is 0 Å². The molecule has 1 amide bonds. The molecule has 136 valence electrons. The van der Waals surface area contributed by atoms with Gasteiger partial charge in [0.15, 0.2) is 0 Å². The van der Waals surface area contributed by atoms with Crippen molar-refractivity contribution in [2.75, 3.05) is 25.0 Å². The molecule has 1 fully saturated rings. The third kappa shape index (κ3) is 6.13. The van der Waals surface area contributed by atoms with Crippen molar-refractivity contribution in [3.05, 3.63) is 48.4 Å². The van der Waals surface area contributed by atoms with Crippen molar-refractivity contribution in [2.24, 2.45) is 0 Å². The molecule has 1 aliphatic rings. The van der Waals surface area contributed by atoms with Gasteiger partial charge in [0, 0.05) is 19.2 Å². The first-order valence-electron chi connectivity index (χ1n) is 7.23. The molecule has 0 spiro atoms. The molecule has 1 aliphatic heterocycles. The zero-order valence-corrected chi connectivity index (χ0v) is 14.7. The minimum atomic E-state index is -0.501. The fourth-order valence-electron chi connectivity index (χ4n) is 2.09. The van der Waals surface area contributed by atoms with Gasteiger partial charge in [-0.1, -0.05) is 0 Å². The number of benzene rings is 1. The Labute approximate surface area is 156 Å². The van der Waals surface area contributed by atoms with E-state index in [0.717, 1.165) is 6.54 Å². The highest BCUT2D eigenvalue weighted by Gasteiger charge is 2.21. The molecule has 25 heavy (non-hydrogen) atoms. The molecule has 0 bridgehead atoms. The number of aromatic nitrogens is 1. The summed E-state index contributed by atoms with van der Waals surface area (Å²) in [5, 5.41) is 5.83. The number of amides is 1. The van der Waals surface area contributed by atoms with E-state index in [2.05, 4.69) is 15.6 Å². The van der Waals surface area contributed by atoms with Gasteiger partial charge < -0.3 is 20.1 Å². The summed E-state index contributed by atoms with van der Waals surface area (Å²) in [5.74, 6) is 0.288. The Kier molecular flexibility index (Phi) is 8.57. The van der Waals surface area contributed by atoms with E-state index in [4.69, 9.17) is 9.47 Å². The van der Waals surface area contributed by atoms with Crippen molar-refractivity contribution in [1.29, 1.82) is 0 Å². The molecule has 6 nitrogen and oxygen atoms in total. The number of pyridine rings is 1. The van der Waals surface area contributed by atoms with Crippen LogP contribution < -0.4 is 15.4 Å². The summed E-state index contributed by atoms with van der Waals surface area (Å²) in [4.78, 5) is 16.1. The normalized spacial score (nSPS) is 16.1. The minimum Gasteiger partial charge on any atom is -0.439 e. The molecule has 3 rings (SSSR count). The molecule has 1 unspecified atom stereocenters. The smallest absolute Gasteiger partial charge is 0.254 e. The highest BCUT2D eigenvalue weighted by atomic mass is 35.5. The Hall–Kier alpha value is -1.93. The molecule has 2 heterocycles. The minimum absolute atomic E-state index is 0. The van der Waals surface area contributed by atoms with Crippen molar-refractivity contribution < 1.29 is 18.7 Å². The maximum Gasteiger partial charge on any atom is 0.254 e. The Morgan fingerprint density at radius 3 is 2.60 bits per heavy atom. The summed E-state index contributed by atoms with van der Waals surface area (Å²) in [6.45, 7) is 1.76. The molecule has 1 aromatic heterocycles. The molecule has 0 radical (unpaired) electrons. The average molecular weight is 390 g/mol. The van der Waals surface area contributed by atoms with Crippen LogP contribution in [0.2, 0.25) is 0 Å². The van der Waals surface area contributed by atoms with Gasteiger partial charge in [0.1, 0.15) is 17.7 Å². The zero-order valence-electron chi connectivity index (χ0n) is 13.1. The molecule has 0 aliphatic carbocycles. The summed E-state index contributed by atoms with van der Waals surface area (Å²) in [7, 11) is 0. The molecule has 1 atom stereocenters. The van der Waals surface area contributed by atoms with E-state index in [1.165, 1.54) is 30.5 Å². The molecule has 9 heteroatoms. The van der Waals surface area contributed by atoms with Gasteiger partial charge in [-0.15, -0.1) is 24.8 Å². The van der Waals surface area contributed by atoms with Gasteiger partial charge in [-0.3, -0.25) is 4.79 Å². The summed E-state index contributed by atoms with van der Waals surface area (Å²) in [6, 6.07) is 8.95. The van der Waals surface area contributed by atoms with Crippen LogP contribution in [0.3, 0.4) is 0 Å². The first kappa shape index (κ1) is 21.1. The van der Waals surface area contributed by atoms with E-state index in [9.17, 15) is 9.18 Å². The molecule has 1 saturated heterocycles. The summed E-state index contributed by atoms with van der Waals surface area (Å²) in [5.41, 5.74) is 0.552. The predicted octanol–water partition coefficient (Wildman–Crippen LogP) is 2.78. The fourth-order valence-corrected chi connectivity index (χ4v) is 2.09. The zero-order chi connectivity index (χ0) is 16.1. The second kappa shape index (κ2) is 10.1. The van der Waals surface area contributed by atoms with Crippen LogP contribution in [0.5, 0.6) is 11.6 Å². The van der Waals surface area contributed by atoms with Gasteiger partial charge in [-0.05, 0) is 30.3 Å². The van der Waals surface area contributed by atoms with E-state index in [-0.39, 0.29) is 36.5 Å². The monoisotopic (exact) mass is 389 g/mol. The molecule has 2 aromatic rings. The number of anilines is 1. The van der Waals surface area contributed by atoms with Crippen LogP contribution in [0, 0.1) is 5.82 Å². The van der Waals surface area contributed by atoms with Crippen molar-refractivity contribution in [2.45, 2.75) is 6.10 Å². The summed E-state index contributed by atoms with van der Waals surface area (Å²) in [6.07, 6.45) is 0.992. The van der Waals surface area contributed by atoms with Crippen LogP contribution in [-0.2, 0) is 9.53 Å². The lowest BCUT2D eigenvalue weighted by atomic mass is 10.3. The number of carbonyl (C=O) groups excluding carboxylic acids is 1. The van der Waals surface area contributed by atoms with Gasteiger partial charge in [0.2, 0.25) is 5.88 Å². The van der Waals surface area contributed by atoms with Crippen LogP contribution in [0.25, 0.3) is 0 Å². The molecular formula is C16H18Cl2FN3O3. The summed E-state index contributed by atoms with van der Waals surface area (Å²) < 4.78 is 23.7. The SMILES string of the molecule is Cl.Cl.O=C(Nc1ccc(Oc2ccc(F)cc2)nc1)C1CNCCO1. The van der Waals surface area contributed by atoms with E-state index >= 15 is 0 Å². The number of morpholine rings is 1. The lowest BCUT2D eigenvalue weighted by Crippen LogP contribution is -2.45. The van der Waals surface area contributed by atoms with Crippen LogP contribution in [-0.4, -0.2) is 36.7 Å². The van der Waals surface area contributed by atoms with Gasteiger partial charge >= 0.3 is 0 Å². The Balaban J connectivity index is 0.00000156. The first-order chi connectivity index (χ1) is 11.2. The molecule has 0 saturated carbocycles. The third-order valence-corrected chi connectivity index (χ3v) is 3.26. The molecular weight excluding hydrogens is 372 g/mol. The number of ether oxygens (including phenoxy) is 2. The Morgan fingerprint density at radius 1 is 1.24 bits per heavy atom. The molecule has 2 N–H and O–H groups in total. The van der Waals surface area contributed by atoms with Crippen molar-refractivity contribution in [3.8, 4) is 11.6 Å². The number of nitrogens with zero attached hydrogens (tertiary/aromatic N) is 1. The number of hydrogen-bond acceptors (Lipinski definition) is 5. The van der Waals surface area contributed by atoms with Gasteiger partial charge in [0.05, 0.1) is 18.5 Å². The standard InChI is InChI=1S/C16H16FN3O3.2ClH/c17-11-1-4-13(5-2-11)23-15-6-3-12(9-19-15)20-16(21)14-10-18-7-8-22-14;;/h1-6,9,14,18H,7-8,10H2,(H,20,21);2*1H. The van der Waals surface area contributed by atoms with Crippen LogP contribution >= 0.6 is 24.8 Å². The number of carbonyl (C=O) groups is 1. The highest BCUT2D eigenvalue weighted by molar-refractivity contribution is 5.94. The highest BCUT2D eigenvalue weighted by Crippen LogP contribution is 2.20. The number of nitrogens with one attached hydrogen (secondary N) is 2. The maximum absolute atomic E-state index is 12.8. The predicted molar refractivity (Wildman–Crippen MR) is 96.4 cm³/mol. The van der Waals surface area contributed by atoms with E-state index in [1.54, 1.807) is 12.1 Å². The van der Waals surface area contributed by atoms with Crippen LogP contribution in [0.15, 0.2) is 42.6 Å². The Morgan fingerprint density at radius 2 is 2.00 bits per heavy atom. The van der Waals surface area contributed by atoms with Crippen LogP contribution in [0.4, 0.5) is 10.1 Å². The summed E-state index contributed by atoms with van der Waals surface area (Å²) >= 11 is 0. The van der Waals surface area contributed by atoms with Gasteiger partial charge in [-0.25, -0.2) is 9.37 Å². The largest absolute Gasteiger partial charge is 0.439 e. The second-order valence-electron chi connectivity index (χ2n) is 4.99. The Bertz CT molecular complexity index is 665. The fraction of sp³-hybridized carbons (Fsp3) is 0.250. The van der Waals surface area contributed by atoms with Crippen molar-refractivity contribution in [1.82, 2.24) is 10.3 Å². The molecule has 1 aromatic carbocycles. The lowest BCUT2D eigenvalue weighted by Gasteiger charge is -2.22. The maximum atomic E-state index is 12.8. The number of hydrogen-bond donors (Lipinski definition) is 2. The van der Waals surface area contributed by atoms with E-state index in [0.29, 0.717) is 30.5 Å². The number of halogens is 3. The van der Waals surface area contributed by atoms with Gasteiger partial charge in [-0.2, -0.15) is 0 Å². The average Bonchev–Trinajstić information content (AvgIpc) is 2.59. The third-order valence-electron chi connectivity index (χ3n) is 3.26.